The molecule has 0 bridgehead atoms. The van der Waals surface area contributed by atoms with Crippen LogP contribution in [0.25, 0.3) is 0 Å². The minimum Gasteiger partial charge on any atom is -0.354 e. The van der Waals surface area contributed by atoms with Crippen molar-refractivity contribution in [3.8, 4) is 0 Å². The predicted molar refractivity (Wildman–Crippen MR) is 108 cm³/mol. The van der Waals surface area contributed by atoms with E-state index in [4.69, 9.17) is 0 Å². The van der Waals surface area contributed by atoms with Crippen molar-refractivity contribution in [1.29, 1.82) is 0 Å². The molecule has 1 N–H and O–H groups in total. The van der Waals surface area contributed by atoms with Crippen LogP contribution in [0.5, 0.6) is 0 Å². The maximum atomic E-state index is 12.4. The highest BCUT2D eigenvalue weighted by molar-refractivity contribution is 5.76. The Balaban J connectivity index is 1.62. The van der Waals surface area contributed by atoms with Gasteiger partial charge >= 0.3 is 0 Å². The molecule has 1 amide bonds. The molecular formula is C22H32N4O. The molecule has 1 aromatic carbocycles. The van der Waals surface area contributed by atoms with Crippen LogP contribution in [0.2, 0.25) is 0 Å². The third-order valence-electron chi connectivity index (χ3n) is 5.83. The lowest BCUT2D eigenvalue weighted by Crippen LogP contribution is -2.42. The molecule has 27 heavy (non-hydrogen) atoms. The minimum absolute atomic E-state index is 0.111. The van der Waals surface area contributed by atoms with Crippen molar-refractivity contribution in [2.45, 2.75) is 45.6 Å². The molecular weight excluding hydrogens is 336 g/mol. The minimum atomic E-state index is 0.111. The van der Waals surface area contributed by atoms with Crippen LogP contribution in [0.15, 0.2) is 36.5 Å². The van der Waals surface area contributed by atoms with Gasteiger partial charge in [-0.25, -0.2) is 0 Å². The monoisotopic (exact) mass is 368 g/mol. The van der Waals surface area contributed by atoms with E-state index >= 15 is 0 Å². The molecule has 2 heterocycles. The van der Waals surface area contributed by atoms with Gasteiger partial charge in [-0.15, -0.1) is 0 Å². The van der Waals surface area contributed by atoms with Crippen LogP contribution in [-0.4, -0.2) is 40.2 Å². The number of carbonyl (C=O) groups is 1. The molecule has 0 saturated carbocycles. The maximum absolute atomic E-state index is 12.4. The molecule has 3 rings (SSSR count). The fourth-order valence-corrected chi connectivity index (χ4v) is 3.92. The molecule has 146 valence electrons. The number of likely N-dealkylation sites (tertiary alicyclic amines) is 1. The molecule has 2 aromatic rings. The standard InChI is InChI=1S/C22H32N4O/c1-17-11-14-26(15-12-17)21(20-7-5-4-6-18(20)2)16-23-22(27)9-8-19-10-13-24-25(19)3/h4-7,10,13,17,21H,8-9,11-12,14-16H2,1-3H3,(H,23,27)/t21-/m0/s1. The number of aryl methyl sites for hydroxylation is 3. The first-order chi connectivity index (χ1) is 13.0. The van der Waals surface area contributed by atoms with Crippen LogP contribution < -0.4 is 5.32 Å². The molecule has 1 atom stereocenters. The SMILES string of the molecule is Cc1ccccc1[C@H](CNC(=O)CCc1ccnn1C)N1CCC(C)CC1. The summed E-state index contributed by atoms with van der Waals surface area (Å²) in [5, 5.41) is 7.35. The number of aromatic nitrogens is 2. The van der Waals surface area contributed by atoms with Gasteiger partial charge in [0.1, 0.15) is 0 Å². The van der Waals surface area contributed by atoms with Gasteiger partial charge in [0.25, 0.3) is 0 Å². The fourth-order valence-electron chi connectivity index (χ4n) is 3.92. The van der Waals surface area contributed by atoms with Crippen molar-refractivity contribution in [3.63, 3.8) is 0 Å². The topological polar surface area (TPSA) is 50.2 Å². The smallest absolute Gasteiger partial charge is 0.220 e. The highest BCUT2D eigenvalue weighted by Gasteiger charge is 2.26. The van der Waals surface area contributed by atoms with Gasteiger partial charge in [0, 0.05) is 31.9 Å². The predicted octanol–water partition coefficient (Wildman–Crippen LogP) is 3.25. The quantitative estimate of drug-likeness (QED) is 0.816. The van der Waals surface area contributed by atoms with E-state index in [1.807, 2.05) is 17.8 Å². The van der Waals surface area contributed by atoms with E-state index in [1.54, 1.807) is 6.20 Å². The van der Waals surface area contributed by atoms with Gasteiger partial charge in [-0.05, 0) is 62.4 Å². The van der Waals surface area contributed by atoms with E-state index in [0.717, 1.165) is 31.1 Å². The number of hydrogen-bond donors (Lipinski definition) is 1. The van der Waals surface area contributed by atoms with E-state index < -0.39 is 0 Å². The number of hydrogen-bond acceptors (Lipinski definition) is 3. The summed E-state index contributed by atoms with van der Waals surface area (Å²) in [5.41, 5.74) is 3.72. The van der Waals surface area contributed by atoms with Gasteiger partial charge in [0.2, 0.25) is 5.91 Å². The molecule has 0 unspecified atom stereocenters. The Bertz CT molecular complexity index is 746. The van der Waals surface area contributed by atoms with E-state index in [1.165, 1.54) is 24.0 Å². The Kier molecular flexibility index (Phi) is 6.67. The number of nitrogens with zero attached hydrogens (tertiary/aromatic N) is 3. The largest absolute Gasteiger partial charge is 0.354 e. The van der Waals surface area contributed by atoms with Crippen LogP contribution in [0.3, 0.4) is 0 Å². The highest BCUT2D eigenvalue weighted by Crippen LogP contribution is 2.28. The van der Waals surface area contributed by atoms with Gasteiger partial charge in [-0.2, -0.15) is 5.10 Å². The summed E-state index contributed by atoms with van der Waals surface area (Å²) < 4.78 is 1.83. The number of nitrogens with one attached hydrogen (secondary N) is 1. The molecule has 0 radical (unpaired) electrons. The third kappa shape index (κ3) is 5.19. The zero-order valence-corrected chi connectivity index (χ0v) is 16.8. The summed E-state index contributed by atoms with van der Waals surface area (Å²) in [6.45, 7) is 7.37. The van der Waals surface area contributed by atoms with Gasteiger partial charge in [0.05, 0.1) is 6.04 Å². The lowest BCUT2D eigenvalue weighted by Gasteiger charge is -2.37. The average Bonchev–Trinajstić information content (AvgIpc) is 3.08. The number of piperidine rings is 1. The van der Waals surface area contributed by atoms with Gasteiger partial charge in [-0.1, -0.05) is 31.2 Å². The van der Waals surface area contributed by atoms with Crippen LogP contribution in [0.1, 0.15) is 49.0 Å². The van der Waals surface area contributed by atoms with Crippen molar-refractivity contribution in [3.05, 3.63) is 53.3 Å². The van der Waals surface area contributed by atoms with Crippen LogP contribution >= 0.6 is 0 Å². The molecule has 1 fully saturated rings. The van der Waals surface area contributed by atoms with Crippen molar-refractivity contribution in [2.24, 2.45) is 13.0 Å². The van der Waals surface area contributed by atoms with Crippen LogP contribution in [0.4, 0.5) is 0 Å². The van der Waals surface area contributed by atoms with Crippen molar-refractivity contribution >= 4 is 5.91 Å². The molecule has 1 aromatic heterocycles. The van der Waals surface area contributed by atoms with Crippen molar-refractivity contribution in [1.82, 2.24) is 20.0 Å². The summed E-state index contributed by atoms with van der Waals surface area (Å²) in [4.78, 5) is 15.0. The number of amides is 1. The second kappa shape index (κ2) is 9.18. The Morgan fingerprint density at radius 3 is 2.67 bits per heavy atom. The lowest BCUT2D eigenvalue weighted by molar-refractivity contribution is -0.121. The zero-order chi connectivity index (χ0) is 19.2. The first-order valence-corrected chi connectivity index (χ1v) is 10.1. The molecule has 1 aliphatic rings. The van der Waals surface area contributed by atoms with Crippen molar-refractivity contribution < 1.29 is 4.79 Å². The Labute approximate surface area is 162 Å². The summed E-state index contributed by atoms with van der Waals surface area (Å²) in [6.07, 6.45) is 5.46. The molecule has 5 heteroatoms. The van der Waals surface area contributed by atoms with Crippen molar-refractivity contribution in [2.75, 3.05) is 19.6 Å². The number of rotatable bonds is 7. The van der Waals surface area contributed by atoms with Gasteiger partial charge in [0.15, 0.2) is 0 Å². The van der Waals surface area contributed by atoms with E-state index in [0.29, 0.717) is 13.0 Å². The fraction of sp³-hybridized carbons (Fsp3) is 0.545. The van der Waals surface area contributed by atoms with Crippen LogP contribution in [-0.2, 0) is 18.3 Å². The summed E-state index contributed by atoms with van der Waals surface area (Å²) in [7, 11) is 1.92. The molecule has 1 saturated heterocycles. The number of carbonyl (C=O) groups excluding carboxylic acids is 1. The number of benzene rings is 1. The lowest BCUT2D eigenvalue weighted by atomic mass is 9.94. The molecule has 0 spiro atoms. The Hall–Kier alpha value is -2.14. The summed E-state index contributed by atoms with van der Waals surface area (Å²) in [5.74, 6) is 0.910. The molecule has 5 nitrogen and oxygen atoms in total. The second-order valence-electron chi connectivity index (χ2n) is 7.84. The highest BCUT2D eigenvalue weighted by atomic mass is 16.1. The average molecular weight is 369 g/mol. The molecule has 1 aliphatic heterocycles. The van der Waals surface area contributed by atoms with Gasteiger partial charge < -0.3 is 5.32 Å². The van der Waals surface area contributed by atoms with E-state index in [9.17, 15) is 4.79 Å². The van der Waals surface area contributed by atoms with Crippen LogP contribution in [0, 0.1) is 12.8 Å². The summed E-state index contributed by atoms with van der Waals surface area (Å²) in [6, 6.07) is 10.8. The zero-order valence-electron chi connectivity index (χ0n) is 16.8. The Morgan fingerprint density at radius 1 is 1.26 bits per heavy atom. The van der Waals surface area contributed by atoms with E-state index in [2.05, 4.69) is 53.4 Å². The second-order valence-corrected chi connectivity index (χ2v) is 7.84. The first-order valence-electron chi connectivity index (χ1n) is 10.1. The summed E-state index contributed by atoms with van der Waals surface area (Å²) >= 11 is 0. The Morgan fingerprint density at radius 2 is 2.00 bits per heavy atom. The third-order valence-corrected chi connectivity index (χ3v) is 5.83. The molecule has 0 aliphatic carbocycles. The maximum Gasteiger partial charge on any atom is 0.220 e. The van der Waals surface area contributed by atoms with E-state index in [-0.39, 0.29) is 11.9 Å². The normalized spacial score (nSPS) is 17.0. The van der Waals surface area contributed by atoms with Gasteiger partial charge in [-0.3, -0.25) is 14.4 Å². The first kappa shape index (κ1) is 19.6.